The first-order chi connectivity index (χ1) is 13.3. The monoisotopic (exact) mass is 381 g/mol. The van der Waals surface area contributed by atoms with Gasteiger partial charge in [-0.1, -0.05) is 31.4 Å². The fourth-order valence-corrected chi connectivity index (χ4v) is 4.18. The third kappa shape index (κ3) is 4.06. The Labute approximate surface area is 162 Å². The first kappa shape index (κ1) is 17.8. The minimum absolute atomic E-state index is 0.537. The minimum atomic E-state index is 0.537. The van der Waals surface area contributed by atoms with Gasteiger partial charge in [-0.3, -0.25) is 0 Å². The fraction of sp³-hybridized carbons (Fsp3) is 0.333. The summed E-state index contributed by atoms with van der Waals surface area (Å²) in [5, 5.41) is 6.84. The highest BCUT2D eigenvalue weighted by atomic mass is 32.1. The van der Waals surface area contributed by atoms with Crippen molar-refractivity contribution in [2.75, 3.05) is 7.11 Å². The molecule has 2 aromatic heterocycles. The molecule has 0 amide bonds. The first-order valence-electron chi connectivity index (χ1n) is 9.32. The first-order valence-corrected chi connectivity index (χ1v) is 10.2. The van der Waals surface area contributed by atoms with E-state index in [1.165, 1.54) is 32.1 Å². The zero-order valence-electron chi connectivity index (χ0n) is 15.4. The number of rotatable bonds is 5. The summed E-state index contributed by atoms with van der Waals surface area (Å²) in [6.45, 7) is 0. The summed E-state index contributed by atoms with van der Waals surface area (Å²) >= 11 is 1.54. The maximum Gasteiger partial charge on any atom is 0.211 e. The van der Waals surface area contributed by atoms with Crippen LogP contribution in [-0.2, 0) is 0 Å². The summed E-state index contributed by atoms with van der Waals surface area (Å²) in [6.07, 6.45) is 10.1. The molecule has 1 fully saturated rings. The molecule has 0 unspecified atom stereocenters. The van der Waals surface area contributed by atoms with Crippen LogP contribution in [0.3, 0.4) is 0 Å². The molecule has 1 aliphatic carbocycles. The SMILES string of the molecule is COc1ccccc1N=c1scc(-c2ccco2)n1N=CC1CCCCC1. The van der Waals surface area contributed by atoms with Crippen molar-refractivity contribution >= 4 is 23.2 Å². The van der Waals surface area contributed by atoms with E-state index in [-0.39, 0.29) is 0 Å². The predicted molar refractivity (Wildman–Crippen MR) is 109 cm³/mol. The van der Waals surface area contributed by atoms with Gasteiger partial charge < -0.3 is 9.15 Å². The van der Waals surface area contributed by atoms with Gasteiger partial charge in [0.05, 0.1) is 13.4 Å². The molecule has 140 valence electrons. The van der Waals surface area contributed by atoms with Crippen LogP contribution >= 0.6 is 11.3 Å². The Balaban J connectivity index is 1.77. The van der Waals surface area contributed by atoms with Crippen LogP contribution in [0.5, 0.6) is 5.75 Å². The lowest BCUT2D eigenvalue weighted by Crippen LogP contribution is -2.14. The average Bonchev–Trinajstić information content (AvgIpc) is 3.37. The van der Waals surface area contributed by atoms with Gasteiger partial charge in [0.15, 0.2) is 5.76 Å². The normalized spacial score (nSPS) is 16.3. The smallest absolute Gasteiger partial charge is 0.211 e. The molecule has 6 heteroatoms. The zero-order chi connectivity index (χ0) is 18.5. The van der Waals surface area contributed by atoms with E-state index >= 15 is 0 Å². The van der Waals surface area contributed by atoms with Crippen LogP contribution in [-0.4, -0.2) is 18.0 Å². The number of para-hydroxylation sites is 2. The number of hydrogen-bond donors (Lipinski definition) is 0. The third-order valence-corrected chi connectivity index (χ3v) is 5.62. The quantitative estimate of drug-likeness (QED) is 0.551. The maximum absolute atomic E-state index is 5.61. The van der Waals surface area contributed by atoms with Crippen LogP contribution in [0.2, 0.25) is 0 Å². The van der Waals surface area contributed by atoms with Crippen molar-refractivity contribution in [1.29, 1.82) is 0 Å². The lowest BCUT2D eigenvalue weighted by molar-refractivity contribution is 0.416. The molecule has 2 heterocycles. The Kier molecular flexibility index (Phi) is 5.53. The van der Waals surface area contributed by atoms with Crippen LogP contribution < -0.4 is 9.54 Å². The molecule has 1 aliphatic rings. The second kappa shape index (κ2) is 8.39. The molecule has 27 heavy (non-hydrogen) atoms. The lowest BCUT2D eigenvalue weighted by atomic mass is 9.90. The molecule has 4 rings (SSSR count). The summed E-state index contributed by atoms with van der Waals surface area (Å²) in [6, 6.07) is 11.6. The molecular weight excluding hydrogens is 358 g/mol. The molecule has 3 aromatic rings. The number of nitrogens with zero attached hydrogens (tertiary/aromatic N) is 3. The molecule has 5 nitrogen and oxygen atoms in total. The number of methoxy groups -OCH3 is 1. The molecular formula is C21H23N3O2S. The second-order valence-electron chi connectivity index (χ2n) is 6.64. The van der Waals surface area contributed by atoms with E-state index in [9.17, 15) is 0 Å². The Morgan fingerprint density at radius 2 is 2.00 bits per heavy atom. The van der Waals surface area contributed by atoms with Gasteiger partial charge in [0.25, 0.3) is 0 Å². The van der Waals surface area contributed by atoms with Crippen molar-refractivity contribution in [3.05, 3.63) is 52.8 Å². The summed E-state index contributed by atoms with van der Waals surface area (Å²) in [4.78, 5) is 5.60. The van der Waals surface area contributed by atoms with Crippen molar-refractivity contribution in [3.63, 3.8) is 0 Å². The third-order valence-electron chi connectivity index (χ3n) is 4.80. The molecule has 0 N–H and O–H groups in total. The number of furan rings is 1. The van der Waals surface area contributed by atoms with Crippen molar-refractivity contribution in [2.45, 2.75) is 32.1 Å². The predicted octanol–water partition coefficient (Wildman–Crippen LogP) is 5.46. The highest BCUT2D eigenvalue weighted by Gasteiger charge is 2.13. The summed E-state index contributed by atoms with van der Waals surface area (Å²) in [5.74, 6) is 2.07. The average molecular weight is 382 g/mol. The molecule has 1 aromatic carbocycles. The number of benzene rings is 1. The van der Waals surface area contributed by atoms with E-state index < -0.39 is 0 Å². The zero-order valence-corrected chi connectivity index (χ0v) is 16.2. The Morgan fingerprint density at radius 3 is 2.78 bits per heavy atom. The van der Waals surface area contributed by atoms with Crippen LogP contribution in [0.4, 0.5) is 5.69 Å². The van der Waals surface area contributed by atoms with E-state index in [2.05, 4.69) is 6.21 Å². The van der Waals surface area contributed by atoms with Gasteiger partial charge in [-0.25, -0.2) is 9.67 Å². The van der Waals surface area contributed by atoms with E-state index in [0.717, 1.165) is 27.7 Å². The molecule has 0 aliphatic heterocycles. The van der Waals surface area contributed by atoms with Gasteiger partial charge in [-0.2, -0.15) is 5.10 Å². The molecule has 0 radical (unpaired) electrons. The van der Waals surface area contributed by atoms with Crippen molar-refractivity contribution in [2.24, 2.45) is 16.0 Å². The molecule has 0 spiro atoms. The Morgan fingerprint density at radius 1 is 1.15 bits per heavy atom. The second-order valence-corrected chi connectivity index (χ2v) is 7.48. The van der Waals surface area contributed by atoms with Gasteiger partial charge in [0, 0.05) is 11.6 Å². The number of aromatic nitrogens is 1. The topological polar surface area (TPSA) is 52.0 Å². The van der Waals surface area contributed by atoms with Crippen molar-refractivity contribution in [3.8, 4) is 17.2 Å². The highest BCUT2D eigenvalue weighted by molar-refractivity contribution is 7.07. The number of hydrogen-bond acceptors (Lipinski definition) is 5. The summed E-state index contributed by atoms with van der Waals surface area (Å²) < 4.78 is 12.9. The van der Waals surface area contributed by atoms with Crippen molar-refractivity contribution < 1.29 is 9.15 Å². The lowest BCUT2D eigenvalue weighted by Gasteiger charge is -2.16. The van der Waals surface area contributed by atoms with E-state index in [1.54, 1.807) is 24.7 Å². The maximum atomic E-state index is 5.61. The van der Waals surface area contributed by atoms with Gasteiger partial charge in [0.1, 0.15) is 17.1 Å². The van der Waals surface area contributed by atoms with E-state index in [1.807, 2.05) is 46.5 Å². The summed E-state index contributed by atoms with van der Waals surface area (Å²) in [7, 11) is 1.66. The van der Waals surface area contributed by atoms with Gasteiger partial charge >= 0.3 is 0 Å². The largest absolute Gasteiger partial charge is 0.494 e. The Hall–Kier alpha value is -2.60. The Bertz CT molecular complexity index is 963. The van der Waals surface area contributed by atoms with Gasteiger partial charge in [-0.15, -0.1) is 11.3 Å². The van der Waals surface area contributed by atoms with E-state index in [0.29, 0.717) is 5.92 Å². The van der Waals surface area contributed by atoms with E-state index in [4.69, 9.17) is 19.2 Å². The number of ether oxygens (including phenoxy) is 1. The molecule has 1 saturated carbocycles. The molecule has 0 atom stereocenters. The standard InChI is InChI=1S/C21H23N3O2S/c1-25-19-11-6-5-10-17(19)23-21-24(22-14-16-8-3-2-4-9-16)18(15-27-21)20-12-7-13-26-20/h5-7,10-16H,2-4,8-9H2,1H3. The van der Waals surface area contributed by atoms with Gasteiger partial charge in [0.2, 0.25) is 4.80 Å². The molecule has 0 bridgehead atoms. The van der Waals surface area contributed by atoms with Crippen LogP contribution in [0.25, 0.3) is 11.5 Å². The minimum Gasteiger partial charge on any atom is -0.494 e. The van der Waals surface area contributed by atoms with Crippen LogP contribution in [0.1, 0.15) is 32.1 Å². The highest BCUT2D eigenvalue weighted by Crippen LogP contribution is 2.27. The van der Waals surface area contributed by atoms with Gasteiger partial charge in [-0.05, 0) is 43.0 Å². The van der Waals surface area contributed by atoms with Crippen LogP contribution in [0.15, 0.2) is 62.6 Å². The molecule has 0 saturated heterocycles. The summed E-state index contributed by atoms with van der Waals surface area (Å²) in [5.41, 5.74) is 1.69. The van der Waals surface area contributed by atoms with Crippen molar-refractivity contribution in [1.82, 2.24) is 4.68 Å². The van der Waals surface area contributed by atoms with Crippen LogP contribution in [0, 0.1) is 5.92 Å². The fourth-order valence-electron chi connectivity index (χ4n) is 3.35. The number of thiazole rings is 1.